The summed E-state index contributed by atoms with van der Waals surface area (Å²) in [6.07, 6.45) is 6.73. The fraction of sp³-hybridized carbons (Fsp3) is 0.700. The van der Waals surface area contributed by atoms with E-state index in [1.807, 2.05) is 6.33 Å². The van der Waals surface area contributed by atoms with E-state index in [0.717, 1.165) is 18.7 Å². The second-order valence-corrected chi connectivity index (χ2v) is 3.79. The summed E-state index contributed by atoms with van der Waals surface area (Å²) < 4.78 is 2.06. The lowest BCUT2D eigenvalue weighted by Crippen LogP contribution is -2.08. The Morgan fingerprint density at radius 1 is 1.69 bits per heavy atom. The normalized spacial score (nSPS) is 18.9. The summed E-state index contributed by atoms with van der Waals surface area (Å²) in [6, 6.07) is 0. The second-order valence-electron chi connectivity index (χ2n) is 3.79. The molecule has 2 rings (SSSR count). The molecule has 0 aromatic carbocycles. The Morgan fingerprint density at radius 3 is 3.08 bits per heavy atom. The predicted octanol–water partition coefficient (Wildman–Crippen LogP) is 1.74. The molecule has 1 aromatic rings. The smallest absolute Gasteiger partial charge is 0.0983 e. The van der Waals surface area contributed by atoms with Gasteiger partial charge in [0.15, 0.2) is 0 Å². The Balaban J connectivity index is 2.12. The number of nitrogens with zero attached hydrogens (tertiary/aromatic N) is 2. The molecule has 3 nitrogen and oxygen atoms in total. The number of aryl methyl sites for hydroxylation is 1. The van der Waals surface area contributed by atoms with Crippen LogP contribution in [0.25, 0.3) is 0 Å². The third-order valence-electron chi connectivity index (χ3n) is 2.58. The molecule has 1 fully saturated rings. The quantitative estimate of drug-likeness (QED) is 0.766. The van der Waals surface area contributed by atoms with E-state index in [-0.39, 0.29) is 6.10 Å². The lowest BCUT2D eigenvalue weighted by molar-refractivity contribution is 0.144. The van der Waals surface area contributed by atoms with Crippen molar-refractivity contribution in [2.75, 3.05) is 0 Å². The van der Waals surface area contributed by atoms with Crippen LogP contribution in [0.5, 0.6) is 0 Å². The first-order valence-electron chi connectivity index (χ1n) is 5.01. The summed E-state index contributed by atoms with van der Waals surface area (Å²) in [7, 11) is 0. The Hall–Kier alpha value is -0.830. The molecule has 3 heteroatoms. The summed E-state index contributed by atoms with van der Waals surface area (Å²) in [5.74, 6) is 0.493. The molecule has 72 valence electrons. The number of aliphatic hydroxyl groups is 1. The minimum absolute atomic E-state index is 0.283. The highest BCUT2D eigenvalue weighted by molar-refractivity contribution is 5.06. The van der Waals surface area contributed by atoms with Crippen molar-refractivity contribution in [1.82, 2.24) is 9.55 Å². The van der Waals surface area contributed by atoms with Crippen LogP contribution in [0.4, 0.5) is 0 Å². The third kappa shape index (κ3) is 1.75. The molecule has 0 radical (unpaired) electrons. The molecule has 1 unspecified atom stereocenters. The van der Waals surface area contributed by atoms with Gasteiger partial charge in [0.1, 0.15) is 0 Å². The fourth-order valence-electron chi connectivity index (χ4n) is 1.66. The van der Waals surface area contributed by atoms with Gasteiger partial charge in [0.25, 0.3) is 0 Å². The number of hydrogen-bond acceptors (Lipinski definition) is 2. The molecular formula is C10H16N2O. The van der Waals surface area contributed by atoms with E-state index in [0.29, 0.717) is 5.92 Å². The molecule has 1 saturated carbocycles. The first-order valence-corrected chi connectivity index (χ1v) is 5.01. The maximum absolute atomic E-state index is 9.90. The highest BCUT2D eigenvalue weighted by Gasteiger charge is 2.32. The largest absolute Gasteiger partial charge is 0.387 e. The van der Waals surface area contributed by atoms with Gasteiger partial charge in [-0.1, -0.05) is 6.92 Å². The first-order chi connectivity index (χ1) is 6.33. The summed E-state index contributed by atoms with van der Waals surface area (Å²) in [5.41, 5.74) is 0.990. The average Bonchev–Trinajstić information content (AvgIpc) is 2.87. The van der Waals surface area contributed by atoms with Gasteiger partial charge >= 0.3 is 0 Å². The van der Waals surface area contributed by atoms with Gasteiger partial charge in [0.05, 0.1) is 24.3 Å². The van der Waals surface area contributed by atoms with E-state index in [2.05, 4.69) is 16.5 Å². The fourth-order valence-corrected chi connectivity index (χ4v) is 1.66. The molecule has 0 aliphatic heterocycles. The Bertz CT molecular complexity index is 278. The molecule has 1 aliphatic carbocycles. The number of rotatable bonds is 4. The van der Waals surface area contributed by atoms with E-state index in [1.165, 1.54) is 12.8 Å². The summed E-state index contributed by atoms with van der Waals surface area (Å²) in [5, 5.41) is 9.90. The highest BCUT2D eigenvalue weighted by Crippen LogP contribution is 2.40. The standard InChI is InChI=1S/C10H16N2O/c1-2-5-12-7-11-6-9(12)10(13)8-3-4-8/h6-8,10,13H,2-5H2,1H3. The molecular weight excluding hydrogens is 164 g/mol. The molecule has 0 spiro atoms. The zero-order valence-corrected chi connectivity index (χ0v) is 7.98. The number of aliphatic hydroxyl groups excluding tert-OH is 1. The molecule has 1 N–H and O–H groups in total. The molecule has 1 aliphatic rings. The van der Waals surface area contributed by atoms with Crippen molar-refractivity contribution in [1.29, 1.82) is 0 Å². The van der Waals surface area contributed by atoms with Gasteiger partial charge < -0.3 is 9.67 Å². The summed E-state index contributed by atoms with van der Waals surface area (Å²) in [6.45, 7) is 3.09. The zero-order chi connectivity index (χ0) is 9.26. The van der Waals surface area contributed by atoms with Crippen LogP contribution in [0.15, 0.2) is 12.5 Å². The summed E-state index contributed by atoms with van der Waals surface area (Å²) in [4.78, 5) is 4.07. The van der Waals surface area contributed by atoms with Crippen molar-refractivity contribution < 1.29 is 5.11 Å². The van der Waals surface area contributed by atoms with Crippen LogP contribution in [-0.2, 0) is 6.54 Å². The second kappa shape index (κ2) is 3.50. The van der Waals surface area contributed by atoms with Crippen molar-refractivity contribution in [3.63, 3.8) is 0 Å². The van der Waals surface area contributed by atoms with E-state index >= 15 is 0 Å². The van der Waals surface area contributed by atoms with Crippen LogP contribution in [0.3, 0.4) is 0 Å². The monoisotopic (exact) mass is 180 g/mol. The zero-order valence-electron chi connectivity index (χ0n) is 7.98. The topological polar surface area (TPSA) is 38.0 Å². The van der Waals surface area contributed by atoms with Gasteiger partial charge in [0.2, 0.25) is 0 Å². The third-order valence-corrected chi connectivity index (χ3v) is 2.58. The average molecular weight is 180 g/mol. The van der Waals surface area contributed by atoms with E-state index < -0.39 is 0 Å². The van der Waals surface area contributed by atoms with Gasteiger partial charge in [-0.05, 0) is 25.2 Å². The molecule has 1 heterocycles. The van der Waals surface area contributed by atoms with Crippen molar-refractivity contribution >= 4 is 0 Å². The van der Waals surface area contributed by atoms with Crippen LogP contribution in [-0.4, -0.2) is 14.7 Å². The van der Waals surface area contributed by atoms with E-state index in [4.69, 9.17) is 0 Å². The predicted molar refractivity (Wildman–Crippen MR) is 50.2 cm³/mol. The number of imidazole rings is 1. The van der Waals surface area contributed by atoms with Crippen LogP contribution >= 0.6 is 0 Å². The Morgan fingerprint density at radius 2 is 2.46 bits per heavy atom. The van der Waals surface area contributed by atoms with Crippen LogP contribution < -0.4 is 0 Å². The molecule has 1 atom stereocenters. The number of aromatic nitrogens is 2. The van der Waals surface area contributed by atoms with Crippen LogP contribution in [0.1, 0.15) is 38.0 Å². The minimum atomic E-state index is -0.283. The lowest BCUT2D eigenvalue weighted by atomic mass is 10.2. The van der Waals surface area contributed by atoms with Crippen molar-refractivity contribution in [2.24, 2.45) is 5.92 Å². The van der Waals surface area contributed by atoms with Crippen LogP contribution in [0, 0.1) is 5.92 Å². The molecule has 13 heavy (non-hydrogen) atoms. The molecule has 0 bridgehead atoms. The minimum Gasteiger partial charge on any atom is -0.387 e. The molecule has 0 amide bonds. The van der Waals surface area contributed by atoms with Gasteiger partial charge in [-0.2, -0.15) is 0 Å². The Kier molecular flexibility index (Phi) is 2.36. The van der Waals surface area contributed by atoms with Gasteiger partial charge in [-0.3, -0.25) is 0 Å². The Labute approximate surface area is 78.4 Å². The first kappa shape index (κ1) is 8.75. The van der Waals surface area contributed by atoms with Crippen molar-refractivity contribution in [3.05, 3.63) is 18.2 Å². The maximum atomic E-state index is 9.90. The van der Waals surface area contributed by atoms with Gasteiger partial charge in [-0.15, -0.1) is 0 Å². The van der Waals surface area contributed by atoms with Crippen molar-refractivity contribution in [2.45, 2.75) is 38.8 Å². The highest BCUT2D eigenvalue weighted by atomic mass is 16.3. The lowest BCUT2D eigenvalue weighted by Gasteiger charge is -2.11. The summed E-state index contributed by atoms with van der Waals surface area (Å²) >= 11 is 0. The number of hydrogen-bond donors (Lipinski definition) is 1. The van der Waals surface area contributed by atoms with E-state index in [1.54, 1.807) is 6.20 Å². The SMILES string of the molecule is CCCn1cncc1C(O)C1CC1. The molecule has 1 aromatic heterocycles. The van der Waals surface area contributed by atoms with Crippen LogP contribution in [0.2, 0.25) is 0 Å². The van der Waals surface area contributed by atoms with Gasteiger partial charge in [0, 0.05) is 6.54 Å². The maximum Gasteiger partial charge on any atom is 0.0983 e. The van der Waals surface area contributed by atoms with E-state index in [9.17, 15) is 5.11 Å². The van der Waals surface area contributed by atoms with Crippen molar-refractivity contribution in [3.8, 4) is 0 Å². The molecule has 0 saturated heterocycles. The van der Waals surface area contributed by atoms with Gasteiger partial charge in [-0.25, -0.2) is 4.98 Å².